The van der Waals surface area contributed by atoms with Crippen molar-refractivity contribution in [2.45, 2.75) is 13.8 Å². The monoisotopic (exact) mass is 303 g/mol. The minimum Gasteiger partial charge on any atom is -0.355 e. The van der Waals surface area contributed by atoms with E-state index in [1.54, 1.807) is 11.7 Å². The number of aryl methyl sites for hydroxylation is 1. The van der Waals surface area contributed by atoms with Crippen molar-refractivity contribution in [3.63, 3.8) is 0 Å². The normalized spacial score (nSPS) is 10.5. The molecule has 2 aromatic rings. The van der Waals surface area contributed by atoms with Crippen LogP contribution in [0.15, 0.2) is 30.7 Å². The second-order valence-electron chi connectivity index (χ2n) is 4.87. The van der Waals surface area contributed by atoms with Crippen LogP contribution in [0.3, 0.4) is 0 Å². The Kier molecular flexibility index (Phi) is 4.98. The molecule has 2 rings (SSSR count). The van der Waals surface area contributed by atoms with E-state index >= 15 is 0 Å². The first-order valence-electron chi connectivity index (χ1n) is 7.29. The van der Waals surface area contributed by atoms with Crippen molar-refractivity contribution in [1.29, 1.82) is 0 Å². The van der Waals surface area contributed by atoms with Crippen LogP contribution in [0.5, 0.6) is 0 Å². The van der Waals surface area contributed by atoms with E-state index in [1.165, 1.54) is 11.1 Å². The molecule has 2 heterocycles. The van der Waals surface area contributed by atoms with E-state index in [-0.39, 0.29) is 18.4 Å². The Hall–Kier alpha value is -2.57. The zero-order valence-electron chi connectivity index (χ0n) is 13.1. The summed E-state index contributed by atoms with van der Waals surface area (Å²) < 4.78 is 3.48. The average Bonchev–Trinajstić information content (AvgIpc) is 3.13. The highest BCUT2D eigenvalue weighted by Gasteiger charge is 2.23. The Morgan fingerprint density at radius 3 is 2.55 bits per heavy atom. The van der Waals surface area contributed by atoms with Gasteiger partial charge in [-0.05, 0) is 26.0 Å². The van der Waals surface area contributed by atoms with Crippen molar-refractivity contribution in [3.05, 3.63) is 36.3 Å². The first-order valence-corrected chi connectivity index (χ1v) is 7.29. The molecule has 2 aromatic heterocycles. The zero-order valence-corrected chi connectivity index (χ0v) is 13.1. The highest BCUT2D eigenvalue weighted by atomic mass is 16.2. The smallest absolute Gasteiger partial charge is 0.259 e. The number of nitrogens with zero attached hydrogens (tertiary/aromatic N) is 4. The molecule has 7 heteroatoms. The summed E-state index contributed by atoms with van der Waals surface area (Å²) >= 11 is 0. The van der Waals surface area contributed by atoms with Crippen molar-refractivity contribution < 1.29 is 9.59 Å². The van der Waals surface area contributed by atoms with Crippen LogP contribution in [0.4, 0.5) is 0 Å². The molecule has 0 aliphatic carbocycles. The standard InChI is InChI=1S/C15H21N5O2/c1-4-16-13(21)11-19(5-2)15(22)12-10-17-18(3)14(12)20-8-6-7-9-20/h6-10H,4-5,11H2,1-3H3,(H,16,21). The van der Waals surface area contributed by atoms with Gasteiger partial charge in [-0.1, -0.05) is 0 Å². The van der Waals surface area contributed by atoms with Gasteiger partial charge in [0, 0.05) is 32.5 Å². The molecule has 1 N–H and O–H groups in total. The van der Waals surface area contributed by atoms with Crippen molar-refractivity contribution in [2.24, 2.45) is 7.05 Å². The number of aromatic nitrogens is 3. The maximum atomic E-state index is 12.7. The summed E-state index contributed by atoms with van der Waals surface area (Å²) in [6, 6.07) is 3.76. The quantitative estimate of drug-likeness (QED) is 0.858. The Bertz CT molecular complexity index is 645. The van der Waals surface area contributed by atoms with Gasteiger partial charge in [-0.3, -0.25) is 14.3 Å². The molecule has 0 aliphatic heterocycles. The van der Waals surface area contributed by atoms with E-state index in [0.29, 0.717) is 24.5 Å². The van der Waals surface area contributed by atoms with Gasteiger partial charge in [0.1, 0.15) is 11.4 Å². The van der Waals surface area contributed by atoms with Crippen LogP contribution in [0.25, 0.3) is 5.82 Å². The number of amides is 2. The summed E-state index contributed by atoms with van der Waals surface area (Å²) in [4.78, 5) is 26.0. The number of carbonyl (C=O) groups excluding carboxylic acids is 2. The maximum Gasteiger partial charge on any atom is 0.259 e. The van der Waals surface area contributed by atoms with E-state index in [4.69, 9.17) is 0 Å². The van der Waals surface area contributed by atoms with Gasteiger partial charge in [0.2, 0.25) is 5.91 Å². The van der Waals surface area contributed by atoms with Gasteiger partial charge in [0.05, 0.1) is 12.7 Å². The Labute approximate surface area is 129 Å². The number of rotatable bonds is 6. The number of hydrogen-bond acceptors (Lipinski definition) is 3. The molecule has 2 amide bonds. The summed E-state index contributed by atoms with van der Waals surface area (Å²) in [5.74, 6) is 0.319. The minimum absolute atomic E-state index is 0.0448. The van der Waals surface area contributed by atoms with Crippen LogP contribution in [0.1, 0.15) is 24.2 Å². The van der Waals surface area contributed by atoms with Crippen molar-refractivity contribution in [1.82, 2.24) is 24.6 Å². The van der Waals surface area contributed by atoms with E-state index in [0.717, 1.165) is 0 Å². The molecule has 7 nitrogen and oxygen atoms in total. The molecule has 0 saturated carbocycles. The third-order valence-corrected chi connectivity index (χ3v) is 3.36. The van der Waals surface area contributed by atoms with Gasteiger partial charge in [-0.2, -0.15) is 5.10 Å². The average molecular weight is 303 g/mol. The molecular formula is C15H21N5O2. The SMILES string of the molecule is CCNC(=O)CN(CC)C(=O)c1cnn(C)c1-n1cccc1. The summed E-state index contributed by atoms with van der Waals surface area (Å²) in [6.07, 6.45) is 5.25. The third kappa shape index (κ3) is 3.19. The molecule has 0 bridgehead atoms. The number of likely N-dealkylation sites (N-methyl/N-ethyl adjacent to an activating group) is 2. The molecule has 0 fully saturated rings. The fourth-order valence-corrected chi connectivity index (χ4v) is 2.29. The van der Waals surface area contributed by atoms with Crippen molar-refractivity contribution in [3.8, 4) is 5.82 Å². The number of carbonyl (C=O) groups is 2. The van der Waals surface area contributed by atoms with Gasteiger partial charge >= 0.3 is 0 Å². The Balaban J connectivity index is 2.27. The first-order chi connectivity index (χ1) is 10.6. The number of nitrogens with one attached hydrogen (secondary N) is 1. The van der Waals surface area contributed by atoms with Crippen LogP contribution in [-0.2, 0) is 11.8 Å². The lowest BCUT2D eigenvalue weighted by atomic mass is 10.2. The highest BCUT2D eigenvalue weighted by molar-refractivity contribution is 5.98. The van der Waals surface area contributed by atoms with E-state index in [1.807, 2.05) is 42.9 Å². The zero-order chi connectivity index (χ0) is 16.1. The molecule has 118 valence electrons. The van der Waals surface area contributed by atoms with Gasteiger partial charge in [0.25, 0.3) is 5.91 Å². The second kappa shape index (κ2) is 6.93. The lowest BCUT2D eigenvalue weighted by Crippen LogP contribution is -2.40. The van der Waals surface area contributed by atoms with E-state index in [2.05, 4.69) is 10.4 Å². The molecule has 0 aliphatic rings. The van der Waals surface area contributed by atoms with Crippen molar-refractivity contribution >= 4 is 11.8 Å². The molecule has 0 spiro atoms. The van der Waals surface area contributed by atoms with Crippen LogP contribution in [0.2, 0.25) is 0 Å². The lowest BCUT2D eigenvalue weighted by Gasteiger charge is -2.20. The summed E-state index contributed by atoms with van der Waals surface area (Å²) in [6.45, 7) is 4.75. The molecule has 0 unspecified atom stereocenters. The third-order valence-electron chi connectivity index (χ3n) is 3.36. The predicted octanol–water partition coefficient (Wildman–Crippen LogP) is 0.809. The van der Waals surface area contributed by atoms with Crippen molar-refractivity contribution in [2.75, 3.05) is 19.6 Å². The van der Waals surface area contributed by atoms with Crippen LogP contribution >= 0.6 is 0 Å². The van der Waals surface area contributed by atoms with Crippen LogP contribution in [0, 0.1) is 0 Å². The molecule has 0 radical (unpaired) electrons. The largest absolute Gasteiger partial charge is 0.355 e. The molecule has 0 atom stereocenters. The first kappa shape index (κ1) is 15.8. The topological polar surface area (TPSA) is 72.2 Å². The number of hydrogen-bond donors (Lipinski definition) is 1. The fraction of sp³-hybridized carbons (Fsp3) is 0.400. The second-order valence-corrected chi connectivity index (χ2v) is 4.87. The molecule has 22 heavy (non-hydrogen) atoms. The maximum absolute atomic E-state index is 12.7. The van der Waals surface area contributed by atoms with Gasteiger partial charge < -0.3 is 14.8 Å². The van der Waals surface area contributed by atoms with Crippen LogP contribution < -0.4 is 5.32 Å². The fourth-order valence-electron chi connectivity index (χ4n) is 2.29. The molecular weight excluding hydrogens is 282 g/mol. The van der Waals surface area contributed by atoms with Gasteiger partial charge in [-0.25, -0.2) is 0 Å². The van der Waals surface area contributed by atoms with E-state index < -0.39 is 0 Å². The van der Waals surface area contributed by atoms with Gasteiger partial charge in [0.15, 0.2) is 0 Å². The van der Waals surface area contributed by atoms with Crippen LogP contribution in [-0.4, -0.2) is 50.7 Å². The molecule has 0 aromatic carbocycles. The summed E-state index contributed by atoms with van der Waals surface area (Å²) in [7, 11) is 1.78. The molecule has 0 saturated heterocycles. The lowest BCUT2D eigenvalue weighted by molar-refractivity contribution is -0.121. The van der Waals surface area contributed by atoms with E-state index in [9.17, 15) is 9.59 Å². The highest BCUT2D eigenvalue weighted by Crippen LogP contribution is 2.16. The summed E-state index contributed by atoms with van der Waals surface area (Å²) in [5, 5.41) is 6.88. The Morgan fingerprint density at radius 1 is 1.27 bits per heavy atom. The minimum atomic E-state index is -0.203. The van der Waals surface area contributed by atoms with Gasteiger partial charge in [-0.15, -0.1) is 0 Å². The summed E-state index contributed by atoms with van der Waals surface area (Å²) in [5.41, 5.74) is 0.477. The Morgan fingerprint density at radius 2 is 1.95 bits per heavy atom. The predicted molar refractivity (Wildman–Crippen MR) is 82.8 cm³/mol.